The van der Waals surface area contributed by atoms with E-state index in [9.17, 15) is 18.5 Å². The highest BCUT2D eigenvalue weighted by Gasteiger charge is 2.30. The van der Waals surface area contributed by atoms with E-state index >= 15 is 0 Å². The first-order chi connectivity index (χ1) is 14.9. The molecule has 1 aromatic carbocycles. The highest BCUT2D eigenvalue weighted by molar-refractivity contribution is 7.89. The number of sulfonamides is 1. The molecule has 1 aliphatic heterocycles. The molecule has 0 amide bonds. The van der Waals surface area contributed by atoms with Crippen LogP contribution in [0.25, 0.3) is 10.8 Å². The molecule has 1 fully saturated rings. The summed E-state index contributed by atoms with van der Waals surface area (Å²) in [6, 6.07) is 7.21. The fourth-order valence-electron chi connectivity index (χ4n) is 2.98. The van der Waals surface area contributed by atoms with E-state index in [1.807, 2.05) is 17.5 Å². The van der Waals surface area contributed by atoms with Crippen LogP contribution in [0, 0.1) is 10.1 Å². The van der Waals surface area contributed by atoms with Gasteiger partial charge in [-0.15, -0.1) is 21.5 Å². The Morgan fingerprint density at radius 1 is 1.26 bits per heavy atom. The standard InChI is InChI=1S/C18H18N4O7S2/c1-12(17-19-20-18(29-17)16-3-2-10-30-16)28-15-5-4-13(11-14(15)22(23)24)31(25,26)21-6-8-27-9-7-21/h2-5,10-12H,6-9H2,1H3. The van der Waals surface area contributed by atoms with Crippen LogP contribution in [0.2, 0.25) is 0 Å². The van der Waals surface area contributed by atoms with Gasteiger partial charge in [0.2, 0.25) is 10.0 Å². The zero-order valence-electron chi connectivity index (χ0n) is 16.3. The van der Waals surface area contributed by atoms with Crippen molar-refractivity contribution in [1.29, 1.82) is 0 Å². The van der Waals surface area contributed by atoms with Gasteiger partial charge >= 0.3 is 5.69 Å². The van der Waals surface area contributed by atoms with Gasteiger partial charge in [0.05, 0.1) is 27.9 Å². The molecule has 2 aromatic heterocycles. The topological polar surface area (TPSA) is 138 Å². The molecule has 3 heterocycles. The molecule has 3 aromatic rings. The first-order valence-corrected chi connectivity index (χ1v) is 11.6. The van der Waals surface area contributed by atoms with E-state index in [1.165, 1.54) is 27.8 Å². The normalized spacial score (nSPS) is 16.2. The number of rotatable bonds is 7. The molecule has 4 rings (SSSR count). The van der Waals surface area contributed by atoms with Gasteiger partial charge in [-0.25, -0.2) is 8.42 Å². The third-order valence-electron chi connectivity index (χ3n) is 4.56. The Morgan fingerprint density at radius 3 is 2.71 bits per heavy atom. The summed E-state index contributed by atoms with van der Waals surface area (Å²) in [5, 5.41) is 21.4. The van der Waals surface area contributed by atoms with Crippen LogP contribution in [0.5, 0.6) is 5.75 Å². The number of nitro benzene ring substituents is 1. The zero-order chi connectivity index (χ0) is 22.0. The summed E-state index contributed by atoms with van der Waals surface area (Å²) in [6.45, 7) is 2.54. The van der Waals surface area contributed by atoms with Gasteiger partial charge in [-0.3, -0.25) is 10.1 Å². The van der Waals surface area contributed by atoms with Gasteiger partial charge in [0, 0.05) is 19.2 Å². The molecule has 13 heteroatoms. The van der Waals surface area contributed by atoms with Gasteiger partial charge < -0.3 is 13.9 Å². The Morgan fingerprint density at radius 2 is 2.03 bits per heavy atom. The molecule has 1 aliphatic rings. The van der Waals surface area contributed by atoms with Crippen molar-refractivity contribution in [3.63, 3.8) is 0 Å². The number of nitrogens with zero attached hydrogens (tertiary/aromatic N) is 4. The highest BCUT2D eigenvalue weighted by Crippen LogP contribution is 2.34. The minimum Gasteiger partial charge on any atom is -0.474 e. The maximum atomic E-state index is 12.8. The molecule has 1 unspecified atom stereocenters. The van der Waals surface area contributed by atoms with Crippen LogP contribution < -0.4 is 4.74 Å². The van der Waals surface area contributed by atoms with E-state index in [-0.39, 0.29) is 42.8 Å². The Labute approximate surface area is 181 Å². The van der Waals surface area contributed by atoms with Crippen LogP contribution in [0.1, 0.15) is 18.9 Å². The Balaban J connectivity index is 1.58. The lowest BCUT2D eigenvalue weighted by molar-refractivity contribution is -0.386. The Bertz CT molecular complexity index is 1170. The van der Waals surface area contributed by atoms with Crippen molar-refractivity contribution in [3.8, 4) is 16.5 Å². The zero-order valence-corrected chi connectivity index (χ0v) is 18.0. The van der Waals surface area contributed by atoms with Gasteiger partial charge in [0.25, 0.3) is 11.8 Å². The van der Waals surface area contributed by atoms with Gasteiger partial charge in [0.15, 0.2) is 11.9 Å². The number of hydrogen-bond acceptors (Lipinski definition) is 10. The minimum absolute atomic E-state index is 0.102. The minimum atomic E-state index is -3.88. The number of aromatic nitrogens is 2. The summed E-state index contributed by atoms with van der Waals surface area (Å²) in [5.41, 5.74) is -0.473. The largest absolute Gasteiger partial charge is 0.474 e. The van der Waals surface area contributed by atoms with E-state index in [0.29, 0.717) is 5.89 Å². The second-order valence-electron chi connectivity index (χ2n) is 6.59. The van der Waals surface area contributed by atoms with Gasteiger partial charge in [-0.05, 0) is 30.5 Å². The maximum absolute atomic E-state index is 12.8. The summed E-state index contributed by atoms with van der Waals surface area (Å²) in [4.78, 5) is 11.5. The molecule has 0 aliphatic carbocycles. The number of nitro groups is 1. The van der Waals surface area contributed by atoms with Crippen molar-refractivity contribution in [1.82, 2.24) is 14.5 Å². The third kappa shape index (κ3) is 4.44. The average molecular weight is 466 g/mol. The first kappa shape index (κ1) is 21.4. The fraction of sp³-hybridized carbons (Fsp3) is 0.333. The molecular weight excluding hydrogens is 448 g/mol. The molecule has 0 radical (unpaired) electrons. The van der Waals surface area contributed by atoms with Crippen molar-refractivity contribution in [3.05, 3.63) is 51.7 Å². The molecule has 164 valence electrons. The predicted molar refractivity (Wildman–Crippen MR) is 109 cm³/mol. The Hall–Kier alpha value is -2.87. The van der Waals surface area contributed by atoms with Crippen molar-refractivity contribution in [2.24, 2.45) is 0 Å². The molecule has 1 saturated heterocycles. The van der Waals surface area contributed by atoms with Gasteiger partial charge in [-0.2, -0.15) is 4.31 Å². The summed E-state index contributed by atoms with van der Waals surface area (Å²) >= 11 is 1.43. The monoisotopic (exact) mass is 466 g/mol. The number of ether oxygens (including phenoxy) is 2. The van der Waals surface area contributed by atoms with E-state index in [0.717, 1.165) is 10.9 Å². The smallest absolute Gasteiger partial charge is 0.312 e. The lowest BCUT2D eigenvalue weighted by Gasteiger charge is -2.26. The summed E-state index contributed by atoms with van der Waals surface area (Å²) in [7, 11) is -3.88. The van der Waals surface area contributed by atoms with Crippen molar-refractivity contribution >= 4 is 27.0 Å². The molecule has 11 nitrogen and oxygen atoms in total. The number of thiophene rings is 1. The second kappa shape index (κ2) is 8.70. The molecular formula is C18H18N4O7S2. The van der Waals surface area contributed by atoms with Crippen LogP contribution in [0.3, 0.4) is 0 Å². The summed E-state index contributed by atoms with van der Waals surface area (Å²) in [6.07, 6.45) is -0.790. The Kier molecular flexibility index (Phi) is 6.00. The maximum Gasteiger partial charge on any atom is 0.312 e. The third-order valence-corrected chi connectivity index (χ3v) is 7.31. The van der Waals surface area contributed by atoms with Gasteiger partial charge in [-0.1, -0.05) is 6.07 Å². The molecule has 0 bridgehead atoms. The average Bonchev–Trinajstić information content (AvgIpc) is 3.46. The van der Waals surface area contributed by atoms with Crippen molar-refractivity contribution in [2.45, 2.75) is 17.9 Å². The van der Waals surface area contributed by atoms with Crippen LogP contribution in [-0.2, 0) is 14.8 Å². The molecule has 0 spiro atoms. The van der Waals surface area contributed by atoms with Crippen LogP contribution >= 0.6 is 11.3 Å². The first-order valence-electron chi connectivity index (χ1n) is 9.26. The van der Waals surface area contributed by atoms with E-state index in [1.54, 1.807) is 6.92 Å². The highest BCUT2D eigenvalue weighted by atomic mass is 32.2. The summed E-state index contributed by atoms with van der Waals surface area (Å²) in [5.74, 6) is 0.360. The number of benzene rings is 1. The lowest BCUT2D eigenvalue weighted by Crippen LogP contribution is -2.40. The molecule has 31 heavy (non-hydrogen) atoms. The van der Waals surface area contributed by atoms with Crippen molar-refractivity contribution < 1.29 is 27.2 Å². The molecule has 0 N–H and O–H groups in total. The van der Waals surface area contributed by atoms with Crippen LogP contribution in [0.4, 0.5) is 5.69 Å². The van der Waals surface area contributed by atoms with Crippen LogP contribution in [0.15, 0.2) is 45.0 Å². The quantitative estimate of drug-likeness (QED) is 0.380. The molecule has 1 atom stereocenters. The van der Waals surface area contributed by atoms with E-state index < -0.39 is 26.7 Å². The predicted octanol–water partition coefficient (Wildman–Crippen LogP) is 2.87. The fourth-order valence-corrected chi connectivity index (χ4v) is 5.05. The number of hydrogen-bond donors (Lipinski definition) is 0. The number of morpholine rings is 1. The van der Waals surface area contributed by atoms with E-state index in [4.69, 9.17) is 13.9 Å². The van der Waals surface area contributed by atoms with Crippen LogP contribution in [-0.4, -0.2) is 54.1 Å². The van der Waals surface area contributed by atoms with E-state index in [2.05, 4.69) is 10.2 Å². The molecule has 0 saturated carbocycles. The van der Waals surface area contributed by atoms with Gasteiger partial charge in [0.1, 0.15) is 0 Å². The SMILES string of the molecule is CC(Oc1ccc(S(=O)(=O)N2CCOCC2)cc1[N+](=O)[O-])c1nnc(-c2cccs2)o1. The summed E-state index contributed by atoms with van der Waals surface area (Å²) < 4.78 is 43.3. The lowest BCUT2D eigenvalue weighted by atomic mass is 10.3. The second-order valence-corrected chi connectivity index (χ2v) is 9.47. The van der Waals surface area contributed by atoms with Crippen molar-refractivity contribution in [2.75, 3.05) is 26.3 Å².